The summed E-state index contributed by atoms with van der Waals surface area (Å²) in [5.41, 5.74) is 1.76. The van der Waals surface area contributed by atoms with Crippen LogP contribution < -0.4 is 16.0 Å². The number of hydrogen-bond acceptors (Lipinski definition) is 5. The predicted molar refractivity (Wildman–Crippen MR) is 69.2 cm³/mol. The Morgan fingerprint density at radius 2 is 1.90 bits per heavy atom. The van der Waals surface area contributed by atoms with Crippen molar-refractivity contribution in [1.29, 1.82) is 0 Å². The van der Waals surface area contributed by atoms with Crippen LogP contribution in [0.3, 0.4) is 0 Å². The molecule has 20 heavy (non-hydrogen) atoms. The van der Waals surface area contributed by atoms with E-state index in [1.807, 2.05) is 4.72 Å². The fourth-order valence-corrected chi connectivity index (χ4v) is 2.41. The minimum atomic E-state index is -4.07. The summed E-state index contributed by atoms with van der Waals surface area (Å²) in [7, 11) is -4.07. The normalized spacial score (nSPS) is 11.2. The number of benzene rings is 1. The molecule has 0 saturated carbocycles. The molecule has 0 amide bonds. The molecule has 0 saturated heterocycles. The molecule has 1 heterocycles. The van der Waals surface area contributed by atoms with Crippen LogP contribution in [0.5, 0.6) is 0 Å². The van der Waals surface area contributed by atoms with E-state index < -0.39 is 27.3 Å². The minimum Gasteiger partial charge on any atom is -0.308 e. The van der Waals surface area contributed by atoms with Crippen molar-refractivity contribution in [1.82, 2.24) is 4.98 Å². The van der Waals surface area contributed by atoms with Crippen molar-refractivity contribution in [2.24, 2.45) is 5.84 Å². The number of nitrogen functional groups attached to an aromatic ring is 1. The van der Waals surface area contributed by atoms with E-state index >= 15 is 0 Å². The summed E-state index contributed by atoms with van der Waals surface area (Å²) in [5, 5.41) is 0. The average molecular weight is 300 g/mol. The van der Waals surface area contributed by atoms with E-state index in [9.17, 15) is 17.2 Å². The lowest BCUT2D eigenvalue weighted by Crippen LogP contribution is -2.15. The van der Waals surface area contributed by atoms with Crippen LogP contribution in [0.4, 0.5) is 20.3 Å². The lowest BCUT2D eigenvalue weighted by Gasteiger charge is -2.09. The highest BCUT2D eigenvalue weighted by Crippen LogP contribution is 2.20. The molecular weight excluding hydrogens is 290 g/mol. The standard InChI is InChI=1S/C11H10F2N4O2S/c12-8-2-1-3-9(11(8)13)17-20(18,19)7-4-5-10(16-14)15-6-7/h1-6,17H,14H2,(H,15,16). The zero-order valence-electron chi connectivity index (χ0n) is 9.97. The Bertz CT molecular complexity index is 720. The van der Waals surface area contributed by atoms with Crippen molar-refractivity contribution in [3.63, 3.8) is 0 Å². The lowest BCUT2D eigenvalue weighted by molar-refractivity contribution is 0.511. The Balaban J connectivity index is 2.33. The Labute approximate surface area is 113 Å². The molecule has 0 atom stereocenters. The van der Waals surface area contributed by atoms with Crippen LogP contribution in [0, 0.1) is 11.6 Å². The van der Waals surface area contributed by atoms with Gasteiger partial charge in [0, 0.05) is 6.20 Å². The summed E-state index contributed by atoms with van der Waals surface area (Å²) < 4.78 is 52.3. The van der Waals surface area contributed by atoms with Crippen LogP contribution in [-0.4, -0.2) is 13.4 Å². The molecule has 2 aromatic rings. The van der Waals surface area contributed by atoms with Gasteiger partial charge in [-0.2, -0.15) is 0 Å². The van der Waals surface area contributed by atoms with Gasteiger partial charge in [-0.3, -0.25) is 4.72 Å². The molecule has 2 rings (SSSR count). The molecule has 106 valence electrons. The number of nitrogens with two attached hydrogens (primary N) is 1. The Morgan fingerprint density at radius 3 is 2.50 bits per heavy atom. The first-order chi connectivity index (χ1) is 9.44. The molecule has 0 aliphatic rings. The quantitative estimate of drug-likeness (QED) is 0.586. The van der Waals surface area contributed by atoms with Crippen LogP contribution in [0.15, 0.2) is 41.4 Å². The molecule has 0 fully saturated rings. The number of aromatic nitrogens is 1. The van der Waals surface area contributed by atoms with E-state index in [0.29, 0.717) is 0 Å². The molecule has 4 N–H and O–H groups in total. The second kappa shape index (κ2) is 5.39. The highest BCUT2D eigenvalue weighted by atomic mass is 32.2. The first-order valence-electron chi connectivity index (χ1n) is 5.33. The molecule has 6 nitrogen and oxygen atoms in total. The Hall–Kier alpha value is -2.26. The first kappa shape index (κ1) is 14.2. The van der Waals surface area contributed by atoms with Crippen LogP contribution in [0.25, 0.3) is 0 Å². The van der Waals surface area contributed by atoms with Gasteiger partial charge in [-0.05, 0) is 24.3 Å². The third-order valence-corrected chi connectivity index (χ3v) is 3.74. The molecule has 1 aromatic carbocycles. The summed E-state index contributed by atoms with van der Waals surface area (Å²) in [6.45, 7) is 0. The fourth-order valence-electron chi connectivity index (χ4n) is 1.41. The second-order valence-corrected chi connectivity index (χ2v) is 5.41. The van der Waals surface area contributed by atoms with Crippen molar-refractivity contribution in [2.45, 2.75) is 4.90 Å². The number of hydrazine groups is 1. The van der Waals surface area contributed by atoms with Gasteiger partial charge in [0.2, 0.25) is 0 Å². The zero-order valence-corrected chi connectivity index (χ0v) is 10.8. The van der Waals surface area contributed by atoms with Gasteiger partial charge in [-0.1, -0.05) is 6.07 Å². The zero-order chi connectivity index (χ0) is 14.8. The van der Waals surface area contributed by atoms with E-state index in [-0.39, 0.29) is 10.7 Å². The van der Waals surface area contributed by atoms with E-state index in [4.69, 9.17) is 5.84 Å². The number of anilines is 2. The van der Waals surface area contributed by atoms with Crippen LogP contribution in [-0.2, 0) is 10.0 Å². The molecule has 1 aromatic heterocycles. The molecule has 0 spiro atoms. The minimum absolute atomic E-state index is 0.208. The molecule has 0 radical (unpaired) electrons. The highest BCUT2D eigenvalue weighted by Gasteiger charge is 2.18. The van der Waals surface area contributed by atoms with Crippen LogP contribution in [0.2, 0.25) is 0 Å². The van der Waals surface area contributed by atoms with E-state index in [1.165, 1.54) is 18.2 Å². The number of nitrogens with one attached hydrogen (secondary N) is 2. The van der Waals surface area contributed by atoms with Gasteiger partial charge in [0.05, 0.1) is 5.69 Å². The fraction of sp³-hybridized carbons (Fsp3) is 0. The van der Waals surface area contributed by atoms with E-state index in [1.54, 1.807) is 0 Å². The first-order valence-corrected chi connectivity index (χ1v) is 6.82. The summed E-state index contributed by atoms with van der Waals surface area (Å²) in [4.78, 5) is 3.51. The van der Waals surface area contributed by atoms with Crippen LogP contribution in [0.1, 0.15) is 0 Å². The van der Waals surface area contributed by atoms with Crippen molar-refractivity contribution >= 4 is 21.5 Å². The largest absolute Gasteiger partial charge is 0.308 e. The van der Waals surface area contributed by atoms with Crippen molar-refractivity contribution < 1.29 is 17.2 Å². The highest BCUT2D eigenvalue weighted by molar-refractivity contribution is 7.92. The van der Waals surface area contributed by atoms with Gasteiger partial charge >= 0.3 is 0 Å². The van der Waals surface area contributed by atoms with Gasteiger partial charge < -0.3 is 5.43 Å². The van der Waals surface area contributed by atoms with E-state index in [2.05, 4.69) is 10.4 Å². The molecule has 0 aliphatic heterocycles. The molecule has 0 aliphatic carbocycles. The predicted octanol–water partition coefficient (Wildman–Crippen LogP) is 1.45. The molecule has 0 unspecified atom stereocenters. The van der Waals surface area contributed by atoms with Gasteiger partial charge in [0.1, 0.15) is 10.7 Å². The summed E-state index contributed by atoms with van der Waals surface area (Å²) in [6, 6.07) is 5.74. The second-order valence-electron chi connectivity index (χ2n) is 3.73. The molecule has 0 bridgehead atoms. The Morgan fingerprint density at radius 1 is 1.15 bits per heavy atom. The van der Waals surface area contributed by atoms with Gasteiger partial charge in [0.15, 0.2) is 11.6 Å². The average Bonchev–Trinajstić information content (AvgIpc) is 2.44. The number of halogens is 2. The smallest absolute Gasteiger partial charge is 0.263 e. The summed E-state index contributed by atoms with van der Waals surface area (Å²) in [5.74, 6) is 2.94. The van der Waals surface area contributed by atoms with Gasteiger partial charge in [-0.15, -0.1) is 0 Å². The van der Waals surface area contributed by atoms with E-state index in [0.717, 1.165) is 18.3 Å². The topological polar surface area (TPSA) is 97.1 Å². The maximum atomic E-state index is 13.4. The number of pyridine rings is 1. The molecule has 9 heteroatoms. The summed E-state index contributed by atoms with van der Waals surface area (Å²) >= 11 is 0. The lowest BCUT2D eigenvalue weighted by atomic mass is 10.3. The third-order valence-electron chi connectivity index (χ3n) is 2.39. The monoisotopic (exact) mass is 300 g/mol. The Kier molecular flexibility index (Phi) is 3.81. The van der Waals surface area contributed by atoms with Crippen LogP contribution >= 0.6 is 0 Å². The molecular formula is C11H10F2N4O2S. The summed E-state index contributed by atoms with van der Waals surface area (Å²) in [6.07, 6.45) is 1.04. The van der Waals surface area contributed by atoms with Crippen molar-refractivity contribution in [3.8, 4) is 0 Å². The number of rotatable bonds is 4. The van der Waals surface area contributed by atoms with Crippen molar-refractivity contribution in [3.05, 3.63) is 48.2 Å². The van der Waals surface area contributed by atoms with Crippen molar-refractivity contribution in [2.75, 3.05) is 10.1 Å². The SMILES string of the molecule is NNc1ccc(S(=O)(=O)Nc2cccc(F)c2F)cn1. The number of nitrogens with zero attached hydrogens (tertiary/aromatic N) is 1. The van der Waals surface area contributed by atoms with Gasteiger partial charge in [0.25, 0.3) is 10.0 Å². The number of sulfonamides is 1. The third kappa shape index (κ3) is 2.83. The number of hydrogen-bond donors (Lipinski definition) is 3. The maximum Gasteiger partial charge on any atom is 0.263 e. The van der Waals surface area contributed by atoms with Gasteiger partial charge in [-0.25, -0.2) is 28.0 Å². The maximum absolute atomic E-state index is 13.4.